The number of benzene rings is 2. The highest BCUT2D eigenvalue weighted by Gasteiger charge is 2.35. The molecular formula is C22H20F4N2O5S. The van der Waals surface area contributed by atoms with Crippen molar-refractivity contribution >= 4 is 26.9 Å². The molecule has 1 aliphatic rings. The van der Waals surface area contributed by atoms with E-state index in [1.54, 1.807) is 23.7 Å². The fourth-order valence-electron chi connectivity index (χ4n) is 3.94. The maximum Gasteiger partial charge on any atom is 0.573 e. The summed E-state index contributed by atoms with van der Waals surface area (Å²) in [5.41, 5.74) is 0.908. The van der Waals surface area contributed by atoms with Crippen molar-refractivity contribution in [3.8, 4) is 11.5 Å². The number of likely N-dealkylation sites (tertiary alicyclic amines) is 1. The molecule has 0 saturated carbocycles. The molecule has 0 bridgehead atoms. The predicted molar refractivity (Wildman–Crippen MR) is 114 cm³/mol. The molecule has 34 heavy (non-hydrogen) atoms. The van der Waals surface area contributed by atoms with Crippen LogP contribution in [0, 0.1) is 5.82 Å². The molecule has 1 saturated heterocycles. The van der Waals surface area contributed by atoms with E-state index in [2.05, 4.69) is 4.74 Å². The molecule has 0 spiro atoms. The predicted octanol–water partition coefficient (Wildman–Crippen LogP) is 4.23. The Morgan fingerprint density at radius 1 is 1.03 bits per heavy atom. The third-order valence-corrected chi connectivity index (χ3v) is 7.33. The van der Waals surface area contributed by atoms with Gasteiger partial charge < -0.3 is 18.4 Å². The summed E-state index contributed by atoms with van der Waals surface area (Å²) < 4.78 is 86.5. The third kappa shape index (κ3) is 5.11. The van der Waals surface area contributed by atoms with Gasteiger partial charge in [0.2, 0.25) is 0 Å². The second kappa shape index (κ2) is 8.82. The van der Waals surface area contributed by atoms with Crippen molar-refractivity contribution in [1.82, 2.24) is 9.47 Å². The lowest BCUT2D eigenvalue weighted by Gasteiger charge is -2.31. The first-order chi connectivity index (χ1) is 15.9. The number of hydrogen-bond donors (Lipinski definition) is 0. The highest BCUT2D eigenvalue weighted by Crippen LogP contribution is 2.29. The Kier molecular flexibility index (Phi) is 6.19. The van der Waals surface area contributed by atoms with Crippen LogP contribution < -0.4 is 8.92 Å². The van der Waals surface area contributed by atoms with Gasteiger partial charge in [-0.1, -0.05) is 6.07 Å². The molecule has 2 aromatic carbocycles. The van der Waals surface area contributed by atoms with Gasteiger partial charge >= 0.3 is 16.5 Å². The van der Waals surface area contributed by atoms with E-state index < -0.39 is 33.3 Å². The van der Waals surface area contributed by atoms with Gasteiger partial charge in [-0.3, -0.25) is 4.79 Å². The monoisotopic (exact) mass is 500 g/mol. The highest BCUT2D eigenvalue weighted by molar-refractivity contribution is 7.87. The van der Waals surface area contributed by atoms with E-state index in [0.29, 0.717) is 16.6 Å². The lowest BCUT2D eigenvalue weighted by atomic mass is 10.1. The van der Waals surface area contributed by atoms with Crippen LogP contribution in [0.15, 0.2) is 48.5 Å². The molecule has 0 N–H and O–H groups in total. The average Bonchev–Trinajstić information content (AvgIpc) is 3.08. The molecule has 0 radical (unpaired) electrons. The summed E-state index contributed by atoms with van der Waals surface area (Å²) >= 11 is 0. The van der Waals surface area contributed by atoms with Crippen LogP contribution in [0.5, 0.6) is 11.5 Å². The van der Waals surface area contributed by atoms with Crippen molar-refractivity contribution in [3.05, 3.63) is 60.0 Å². The average molecular weight is 500 g/mol. The number of fused-ring (bicyclic) bond motifs is 1. The second-order valence-corrected chi connectivity index (χ2v) is 9.70. The summed E-state index contributed by atoms with van der Waals surface area (Å²) in [5, 5.41) is -0.236. The van der Waals surface area contributed by atoms with Crippen LogP contribution in [0.3, 0.4) is 0 Å². The number of amides is 1. The Morgan fingerprint density at radius 3 is 2.38 bits per heavy atom. The van der Waals surface area contributed by atoms with Gasteiger partial charge in [-0.05, 0) is 49.2 Å². The minimum atomic E-state index is -4.92. The molecule has 1 aliphatic heterocycles. The van der Waals surface area contributed by atoms with E-state index in [0.717, 1.165) is 12.1 Å². The number of rotatable bonds is 5. The molecule has 182 valence electrons. The van der Waals surface area contributed by atoms with Gasteiger partial charge in [0.05, 0.1) is 5.52 Å². The fourth-order valence-corrected chi connectivity index (χ4v) is 5.24. The van der Waals surface area contributed by atoms with Crippen molar-refractivity contribution in [2.45, 2.75) is 24.5 Å². The number of ether oxygens (including phenoxy) is 1. The molecular weight excluding hydrogens is 480 g/mol. The number of nitrogens with zero attached hydrogens (tertiary/aromatic N) is 2. The summed E-state index contributed by atoms with van der Waals surface area (Å²) in [6.45, 7) is 0.276. The number of carbonyl (C=O) groups is 1. The molecule has 0 aliphatic carbocycles. The van der Waals surface area contributed by atoms with Crippen LogP contribution in [0.2, 0.25) is 0 Å². The van der Waals surface area contributed by atoms with Gasteiger partial charge in [0.1, 0.15) is 28.3 Å². The van der Waals surface area contributed by atoms with Crippen molar-refractivity contribution < 1.29 is 39.7 Å². The SMILES string of the molecule is Cn1c(C(=O)N2CCC(S(=O)(=O)Oc3cccc(OC(F)(F)F)c3)CC2)cc2ccc(F)cc21. The molecule has 2 heterocycles. The quantitative estimate of drug-likeness (QED) is 0.387. The Hall–Kier alpha value is -3.28. The minimum Gasteiger partial charge on any atom is -0.406 e. The molecule has 0 atom stereocenters. The smallest absolute Gasteiger partial charge is 0.406 e. The van der Waals surface area contributed by atoms with Gasteiger partial charge in [-0.2, -0.15) is 8.42 Å². The molecule has 7 nitrogen and oxygen atoms in total. The molecule has 12 heteroatoms. The van der Waals surface area contributed by atoms with E-state index in [9.17, 15) is 30.8 Å². The van der Waals surface area contributed by atoms with Crippen LogP contribution >= 0.6 is 0 Å². The number of alkyl halides is 3. The number of aryl methyl sites for hydroxylation is 1. The molecule has 1 fully saturated rings. The third-order valence-electron chi connectivity index (χ3n) is 5.62. The normalized spacial score (nSPS) is 15.5. The lowest BCUT2D eigenvalue weighted by Crippen LogP contribution is -2.43. The summed E-state index contributed by atoms with van der Waals surface area (Å²) in [6, 6.07) is 10.1. The number of carbonyl (C=O) groups excluding carboxylic acids is 1. The standard InChI is InChI=1S/C22H20F4N2O5S/c1-27-19-12-15(23)6-5-14(19)11-20(27)21(29)28-9-7-18(8-10-28)34(30,31)33-17-4-2-3-16(13-17)32-22(24,25)26/h2-6,11-13,18H,7-10H2,1H3. The van der Waals surface area contributed by atoms with E-state index in [1.165, 1.54) is 29.2 Å². The van der Waals surface area contributed by atoms with Crippen LogP contribution in [0.4, 0.5) is 17.6 Å². The number of piperidine rings is 1. The summed E-state index contributed by atoms with van der Waals surface area (Å²) in [5.74, 6) is -1.64. The van der Waals surface area contributed by atoms with Crippen LogP contribution in [0.25, 0.3) is 10.9 Å². The van der Waals surface area contributed by atoms with Crippen LogP contribution in [-0.2, 0) is 17.2 Å². The molecule has 3 aromatic rings. The Morgan fingerprint density at radius 2 is 1.71 bits per heavy atom. The Labute approximate surface area is 192 Å². The topological polar surface area (TPSA) is 77.8 Å². The molecule has 4 rings (SSSR count). The highest BCUT2D eigenvalue weighted by atomic mass is 32.2. The first-order valence-electron chi connectivity index (χ1n) is 10.3. The maximum absolute atomic E-state index is 13.6. The first-order valence-corrected chi connectivity index (χ1v) is 11.7. The van der Waals surface area contributed by atoms with Crippen molar-refractivity contribution in [2.75, 3.05) is 13.1 Å². The minimum absolute atomic E-state index is 0.0887. The number of halogens is 4. The molecule has 1 amide bonds. The summed E-state index contributed by atoms with van der Waals surface area (Å²) in [4.78, 5) is 14.5. The zero-order valence-electron chi connectivity index (χ0n) is 17.9. The van der Waals surface area contributed by atoms with E-state index >= 15 is 0 Å². The van der Waals surface area contributed by atoms with E-state index in [-0.39, 0.29) is 37.6 Å². The zero-order chi connectivity index (χ0) is 24.7. The molecule has 0 unspecified atom stereocenters. The molecule has 1 aromatic heterocycles. The summed E-state index contributed by atoms with van der Waals surface area (Å²) in [7, 11) is -2.52. The summed E-state index contributed by atoms with van der Waals surface area (Å²) in [6.07, 6.45) is -4.74. The Balaban J connectivity index is 1.42. The van der Waals surface area contributed by atoms with Gasteiger partial charge in [-0.25, -0.2) is 4.39 Å². The van der Waals surface area contributed by atoms with Crippen LogP contribution in [0.1, 0.15) is 23.3 Å². The number of aromatic nitrogens is 1. The van der Waals surface area contributed by atoms with Crippen molar-refractivity contribution in [1.29, 1.82) is 0 Å². The second-order valence-electron chi connectivity index (χ2n) is 7.88. The van der Waals surface area contributed by atoms with Gasteiger partial charge in [0, 0.05) is 31.6 Å². The lowest BCUT2D eigenvalue weighted by molar-refractivity contribution is -0.274. The zero-order valence-corrected chi connectivity index (χ0v) is 18.7. The van der Waals surface area contributed by atoms with E-state index in [4.69, 9.17) is 4.18 Å². The van der Waals surface area contributed by atoms with Gasteiger partial charge in [-0.15, -0.1) is 13.2 Å². The number of hydrogen-bond acceptors (Lipinski definition) is 5. The van der Waals surface area contributed by atoms with E-state index in [1.807, 2.05) is 0 Å². The maximum atomic E-state index is 13.6. The fraction of sp³-hybridized carbons (Fsp3) is 0.318. The Bertz CT molecular complexity index is 1330. The van der Waals surface area contributed by atoms with Gasteiger partial charge in [0.15, 0.2) is 0 Å². The largest absolute Gasteiger partial charge is 0.573 e. The van der Waals surface area contributed by atoms with Crippen LogP contribution in [-0.4, -0.2) is 48.5 Å². The van der Waals surface area contributed by atoms with Gasteiger partial charge in [0.25, 0.3) is 5.91 Å². The first kappa shape index (κ1) is 23.9. The van der Waals surface area contributed by atoms with Crippen molar-refractivity contribution in [3.63, 3.8) is 0 Å². The van der Waals surface area contributed by atoms with Crippen molar-refractivity contribution in [2.24, 2.45) is 7.05 Å².